The van der Waals surface area contributed by atoms with Crippen LogP contribution in [-0.4, -0.2) is 30.9 Å². The van der Waals surface area contributed by atoms with E-state index in [1.165, 1.54) is 11.6 Å². The second kappa shape index (κ2) is 10.1. The normalized spacial score (nSPS) is 12.0. The van der Waals surface area contributed by atoms with Crippen LogP contribution in [0.3, 0.4) is 0 Å². The maximum atomic E-state index is 12.8. The Balaban J connectivity index is 1.37. The first-order valence-corrected chi connectivity index (χ1v) is 10.4. The third-order valence-corrected chi connectivity index (χ3v) is 5.02. The van der Waals surface area contributed by atoms with E-state index in [1.807, 2.05) is 48.5 Å². The highest BCUT2D eigenvalue weighted by atomic mass is 16.5. The Hall–Kier alpha value is -3.41. The molecular weight excluding hydrogens is 390 g/mol. The van der Waals surface area contributed by atoms with Gasteiger partial charge in [-0.25, -0.2) is 0 Å². The molecule has 0 radical (unpaired) electrons. The van der Waals surface area contributed by atoms with Gasteiger partial charge in [0, 0.05) is 18.2 Å². The van der Waals surface area contributed by atoms with Crippen molar-refractivity contribution >= 4 is 11.0 Å². The largest absolute Gasteiger partial charge is 0.490 e. The number of hydrogen-bond acceptors (Lipinski definition) is 5. The topological polar surface area (TPSA) is 71.7 Å². The lowest BCUT2D eigenvalue weighted by Gasteiger charge is -2.14. The molecule has 0 amide bonds. The molecule has 0 saturated heterocycles. The van der Waals surface area contributed by atoms with Gasteiger partial charge >= 0.3 is 0 Å². The maximum Gasteiger partial charge on any atom is 0.197 e. The van der Waals surface area contributed by atoms with Crippen molar-refractivity contribution in [1.29, 1.82) is 0 Å². The molecule has 4 aromatic rings. The Labute approximate surface area is 180 Å². The van der Waals surface area contributed by atoms with Gasteiger partial charge in [-0.05, 0) is 30.7 Å². The van der Waals surface area contributed by atoms with Crippen LogP contribution in [0.1, 0.15) is 5.56 Å². The highest BCUT2D eigenvalue weighted by Gasteiger charge is 2.13. The predicted octanol–water partition coefficient (Wildman–Crippen LogP) is 4.03. The Bertz CT molecular complexity index is 1170. The van der Waals surface area contributed by atoms with Crippen LogP contribution >= 0.6 is 0 Å². The molecule has 0 bridgehead atoms. The molecule has 1 heterocycles. The number of fused-ring (bicyclic) bond motifs is 1. The SMILES string of the molecule is O=c1cc(-c2ccccc2)oc2cccc(OCC(O)CNCCc3ccccc3)c12. The number of nitrogens with one attached hydrogen (secondary N) is 1. The van der Waals surface area contributed by atoms with Crippen molar-refractivity contribution in [2.24, 2.45) is 0 Å². The Kier molecular flexibility index (Phi) is 6.77. The molecular formula is C26H25NO4. The monoisotopic (exact) mass is 415 g/mol. The third kappa shape index (κ3) is 5.40. The average molecular weight is 415 g/mol. The van der Waals surface area contributed by atoms with Crippen molar-refractivity contribution in [3.05, 3.63) is 101 Å². The molecule has 3 aromatic carbocycles. The second-order valence-electron chi connectivity index (χ2n) is 7.37. The van der Waals surface area contributed by atoms with Crippen LogP contribution in [0.15, 0.2) is 94.1 Å². The first-order valence-electron chi connectivity index (χ1n) is 10.4. The standard InChI is InChI=1S/C26H25NO4/c28-21(17-27-15-14-19-8-3-1-4-9-19)18-30-23-12-7-13-24-26(23)22(29)16-25(31-24)20-10-5-2-6-11-20/h1-13,16,21,27-28H,14-15,17-18H2. The second-order valence-corrected chi connectivity index (χ2v) is 7.37. The van der Waals surface area contributed by atoms with Gasteiger partial charge in [0.1, 0.15) is 35.2 Å². The lowest BCUT2D eigenvalue weighted by Crippen LogP contribution is -2.32. The summed E-state index contributed by atoms with van der Waals surface area (Å²) in [7, 11) is 0. The Morgan fingerprint density at radius 1 is 0.935 bits per heavy atom. The van der Waals surface area contributed by atoms with Gasteiger partial charge in [-0.15, -0.1) is 0 Å². The fourth-order valence-electron chi connectivity index (χ4n) is 3.43. The van der Waals surface area contributed by atoms with E-state index in [0.29, 0.717) is 29.0 Å². The molecule has 31 heavy (non-hydrogen) atoms. The first-order chi connectivity index (χ1) is 15.2. The summed E-state index contributed by atoms with van der Waals surface area (Å²) in [5, 5.41) is 13.9. The molecule has 1 unspecified atom stereocenters. The van der Waals surface area contributed by atoms with Gasteiger partial charge in [0.25, 0.3) is 0 Å². The van der Waals surface area contributed by atoms with E-state index >= 15 is 0 Å². The summed E-state index contributed by atoms with van der Waals surface area (Å²) in [4.78, 5) is 12.8. The summed E-state index contributed by atoms with van der Waals surface area (Å²) < 4.78 is 11.7. The summed E-state index contributed by atoms with van der Waals surface area (Å²) in [5.41, 5.74) is 2.37. The molecule has 0 spiro atoms. The molecule has 2 N–H and O–H groups in total. The van der Waals surface area contributed by atoms with E-state index in [9.17, 15) is 9.90 Å². The molecule has 1 aromatic heterocycles. The average Bonchev–Trinajstić information content (AvgIpc) is 2.81. The van der Waals surface area contributed by atoms with Crippen LogP contribution in [0.2, 0.25) is 0 Å². The summed E-state index contributed by atoms with van der Waals surface area (Å²) in [5.74, 6) is 0.923. The van der Waals surface area contributed by atoms with Crippen LogP contribution in [0.5, 0.6) is 5.75 Å². The summed E-state index contributed by atoms with van der Waals surface area (Å²) in [6.45, 7) is 1.25. The Morgan fingerprint density at radius 2 is 1.68 bits per heavy atom. The zero-order valence-corrected chi connectivity index (χ0v) is 17.2. The van der Waals surface area contributed by atoms with Crippen LogP contribution in [0, 0.1) is 0 Å². The van der Waals surface area contributed by atoms with Crippen molar-refractivity contribution in [2.45, 2.75) is 12.5 Å². The van der Waals surface area contributed by atoms with E-state index in [2.05, 4.69) is 17.4 Å². The maximum absolute atomic E-state index is 12.8. The third-order valence-electron chi connectivity index (χ3n) is 5.02. The highest BCUT2D eigenvalue weighted by Crippen LogP contribution is 2.27. The Morgan fingerprint density at radius 3 is 2.45 bits per heavy atom. The minimum Gasteiger partial charge on any atom is -0.490 e. The zero-order chi connectivity index (χ0) is 21.5. The molecule has 5 heteroatoms. The fraction of sp³-hybridized carbons (Fsp3) is 0.192. The zero-order valence-electron chi connectivity index (χ0n) is 17.2. The molecule has 4 rings (SSSR count). The van der Waals surface area contributed by atoms with E-state index in [1.54, 1.807) is 18.2 Å². The van der Waals surface area contributed by atoms with Gasteiger partial charge in [-0.2, -0.15) is 0 Å². The molecule has 0 fully saturated rings. The summed E-state index contributed by atoms with van der Waals surface area (Å²) in [6, 6.07) is 26.4. The van der Waals surface area contributed by atoms with Gasteiger partial charge in [0.2, 0.25) is 0 Å². The number of rotatable bonds is 9. The van der Waals surface area contributed by atoms with Crippen LogP contribution in [0.25, 0.3) is 22.3 Å². The van der Waals surface area contributed by atoms with Gasteiger partial charge in [0.05, 0.1) is 0 Å². The number of aliphatic hydroxyl groups excluding tert-OH is 1. The molecule has 0 aliphatic rings. The summed E-state index contributed by atoms with van der Waals surface area (Å²) >= 11 is 0. The molecule has 0 aliphatic heterocycles. The van der Waals surface area contributed by atoms with Gasteiger partial charge in [-0.1, -0.05) is 66.7 Å². The quantitative estimate of drug-likeness (QED) is 0.404. The lowest BCUT2D eigenvalue weighted by atomic mass is 10.1. The predicted molar refractivity (Wildman–Crippen MR) is 122 cm³/mol. The molecule has 0 saturated carbocycles. The van der Waals surface area contributed by atoms with Crippen LogP contribution in [-0.2, 0) is 6.42 Å². The minimum atomic E-state index is -0.693. The van der Waals surface area contributed by atoms with Crippen molar-refractivity contribution in [3.8, 4) is 17.1 Å². The first kappa shape index (κ1) is 20.8. The smallest absolute Gasteiger partial charge is 0.197 e. The molecule has 1 atom stereocenters. The van der Waals surface area contributed by atoms with E-state index in [0.717, 1.165) is 18.5 Å². The van der Waals surface area contributed by atoms with Crippen molar-refractivity contribution in [2.75, 3.05) is 19.7 Å². The molecule has 5 nitrogen and oxygen atoms in total. The van der Waals surface area contributed by atoms with E-state index in [4.69, 9.17) is 9.15 Å². The summed E-state index contributed by atoms with van der Waals surface area (Å²) in [6.07, 6.45) is 0.198. The van der Waals surface area contributed by atoms with Gasteiger partial charge in [-0.3, -0.25) is 4.79 Å². The van der Waals surface area contributed by atoms with Gasteiger partial charge < -0.3 is 19.6 Å². The van der Waals surface area contributed by atoms with Crippen molar-refractivity contribution < 1.29 is 14.3 Å². The van der Waals surface area contributed by atoms with Crippen LogP contribution in [0.4, 0.5) is 0 Å². The van der Waals surface area contributed by atoms with Gasteiger partial charge in [0.15, 0.2) is 5.43 Å². The fourth-order valence-corrected chi connectivity index (χ4v) is 3.43. The number of aliphatic hydroxyl groups is 1. The minimum absolute atomic E-state index is 0.0807. The van der Waals surface area contributed by atoms with Crippen molar-refractivity contribution in [1.82, 2.24) is 5.32 Å². The lowest BCUT2D eigenvalue weighted by molar-refractivity contribution is 0.107. The highest BCUT2D eigenvalue weighted by molar-refractivity contribution is 5.84. The molecule has 0 aliphatic carbocycles. The number of hydrogen-bond donors (Lipinski definition) is 2. The van der Waals surface area contributed by atoms with Crippen molar-refractivity contribution in [3.63, 3.8) is 0 Å². The number of benzene rings is 3. The van der Waals surface area contributed by atoms with E-state index < -0.39 is 6.10 Å². The molecule has 158 valence electrons. The van der Waals surface area contributed by atoms with E-state index in [-0.39, 0.29) is 12.0 Å². The van der Waals surface area contributed by atoms with Crippen LogP contribution < -0.4 is 15.5 Å². The number of ether oxygens (including phenoxy) is 1.